The molecule has 0 saturated heterocycles. The highest BCUT2D eigenvalue weighted by atomic mass is 35.5. The molecule has 1 heterocycles. The number of aromatic nitrogens is 1. The van der Waals surface area contributed by atoms with Crippen molar-refractivity contribution < 1.29 is 4.74 Å². The van der Waals surface area contributed by atoms with Crippen LogP contribution in [0.1, 0.15) is 12.6 Å². The second-order valence-corrected chi connectivity index (χ2v) is 4.62. The molecule has 0 fully saturated rings. The summed E-state index contributed by atoms with van der Waals surface area (Å²) in [6, 6.07) is 10.2. The van der Waals surface area contributed by atoms with Crippen LogP contribution in [0.15, 0.2) is 30.3 Å². The number of anilines is 1. The lowest BCUT2D eigenvalue weighted by molar-refractivity contribution is 0.205. The molecule has 0 spiro atoms. The van der Waals surface area contributed by atoms with Gasteiger partial charge in [0.1, 0.15) is 0 Å². The number of halogens is 1. The minimum absolute atomic E-state index is 0.430. The number of rotatable bonds is 6. The monoisotopic (exact) mass is 278 g/mol. The van der Waals surface area contributed by atoms with Crippen molar-refractivity contribution in [2.45, 2.75) is 12.8 Å². The Bertz CT molecular complexity index is 545. The van der Waals surface area contributed by atoms with Crippen molar-refractivity contribution in [2.24, 2.45) is 0 Å². The summed E-state index contributed by atoms with van der Waals surface area (Å²) in [5.74, 6) is 0.430. The highest BCUT2D eigenvalue weighted by Crippen LogP contribution is 2.27. The number of methoxy groups -OCH3 is 1. The Kier molecular flexibility index (Phi) is 5.00. The van der Waals surface area contributed by atoms with Crippen molar-refractivity contribution in [1.82, 2.24) is 4.98 Å². The number of para-hydroxylation sites is 1. The number of benzene rings is 1. The van der Waals surface area contributed by atoms with Gasteiger partial charge in [0.25, 0.3) is 0 Å². The third-order valence-electron chi connectivity index (χ3n) is 3.17. The van der Waals surface area contributed by atoms with Crippen molar-refractivity contribution >= 4 is 28.2 Å². The molecule has 0 saturated carbocycles. The normalized spacial score (nSPS) is 10.9. The molecule has 0 unspecified atom stereocenters. The summed E-state index contributed by atoms with van der Waals surface area (Å²) in [6.45, 7) is 4.65. The van der Waals surface area contributed by atoms with Gasteiger partial charge in [-0.2, -0.15) is 0 Å². The van der Waals surface area contributed by atoms with E-state index in [1.165, 1.54) is 5.69 Å². The van der Waals surface area contributed by atoms with Gasteiger partial charge in [-0.3, -0.25) is 4.98 Å². The SMILES string of the molecule is CCN(CCOC)c1cc(CCl)nc2ccccc12. The van der Waals surface area contributed by atoms with Gasteiger partial charge in [0, 0.05) is 31.3 Å². The molecule has 1 aromatic carbocycles. The minimum atomic E-state index is 0.430. The molecule has 2 aromatic rings. The summed E-state index contributed by atoms with van der Waals surface area (Å²) in [6.07, 6.45) is 0. The molecular formula is C15H19ClN2O. The molecule has 0 aliphatic rings. The largest absolute Gasteiger partial charge is 0.383 e. The molecule has 4 heteroatoms. The van der Waals surface area contributed by atoms with Gasteiger partial charge in [0.2, 0.25) is 0 Å². The molecule has 0 atom stereocenters. The standard InChI is InChI=1S/C15H19ClN2O/c1-3-18(8-9-19-2)15-10-12(11-16)17-14-7-5-4-6-13(14)15/h4-7,10H,3,8-9,11H2,1-2H3. The molecule has 2 rings (SSSR count). The van der Waals surface area contributed by atoms with Gasteiger partial charge in [-0.05, 0) is 19.1 Å². The van der Waals surface area contributed by atoms with E-state index >= 15 is 0 Å². The molecule has 102 valence electrons. The third kappa shape index (κ3) is 3.17. The van der Waals surface area contributed by atoms with Gasteiger partial charge in [-0.1, -0.05) is 18.2 Å². The second-order valence-electron chi connectivity index (χ2n) is 4.36. The minimum Gasteiger partial charge on any atom is -0.383 e. The highest BCUT2D eigenvalue weighted by molar-refractivity contribution is 6.17. The molecule has 3 nitrogen and oxygen atoms in total. The molecular weight excluding hydrogens is 260 g/mol. The summed E-state index contributed by atoms with van der Waals surface area (Å²) in [7, 11) is 1.72. The number of alkyl halides is 1. The van der Waals surface area contributed by atoms with E-state index in [9.17, 15) is 0 Å². The quantitative estimate of drug-likeness (QED) is 0.757. The van der Waals surface area contributed by atoms with Crippen molar-refractivity contribution in [3.63, 3.8) is 0 Å². The van der Waals surface area contributed by atoms with Crippen LogP contribution in [0, 0.1) is 0 Å². The van der Waals surface area contributed by atoms with Crippen molar-refractivity contribution in [3.05, 3.63) is 36.0 Å². The van der Waals surface area contributed by atoms with Gasteiger partial charge in [-0.25, -0.2) is 0 Å². The first kappa shape index (κ1) is 14.1. The fraction of sp³-hybridized carbons (Fsp3) is 0.400. The summed E-state index contributed by atoms with van der Waals surface area (Å²) in [4.78, 5) is 6.86. The zero-order chi connectivity index (χ0) is 13.7. The number of nitrogens with zero attached hydrogens (tertiary/aromatic N) is 2. The smallest absolute Gasteiger partial charge is 0.0726 e. The zero-order valence-corrected chi connectivity index (χ0v) is 12.2. The molecule has 19 heavy (non-hydrogen) atoms. The summed E-state index contributed by atoms with van der Waals surface area (Å²) in [5, 5.41) is 1.16. The summed E-state index contributed by atoms with van der Waals surface area (Å²) >= 11 is 5.95. The number of hydrogen-bond acceptors (Lipinski definition) is 3. The van der Waals surface area contributed by atoms with E-state index in [2.05, 4.69) is 28.9 Å². The zero-order valence-electron chi connectivity index (χ0n) is 11.4. The lowest BCUT2D eigenvalue weighted by Crippen LogP contribution is -2.27. The van der Waals surface area contributed by atoms with Crippen LogP contribution in [0.4, 0.5) is 5.69 Å². The Morgan fingerprint density at radius 1 is 1.32 bits per heavy atom. The first-order valence-electron chi connectivity index (χ1n) is 6.48. The van der Waals surface area contributed by atoms with Crippen LogP contribution >= 0.6 is 11.6 Å². The van der Waals surface area contributed by atoms with Gasteiger partial charge < -0.3 is 9.64 Å². The van der Waals surface area contributed by atoms with Crippen LogP contribution in [-0.2, 0) is 10.6 Å². The van der Waals surface area contributed by atoms with Gasteiger partial charge >= 0.3 is 0 Å². The maximum Gasteiger partial charge on any atom is 0.0726 e. The molecule has 0 bridgehead atoms. The molecule has 0 aliphatic carbocycles. The van der Waals surface area contributed by atoms with Gasteiger partial charge in [0.05, 0.1) is 23.7 Å². The van der Waals surface area contributed by atoms with Crippen LogP contribution in [-0.4, -0.2) is 31.8 Å². The molecule has 0 amide bonds. The maximum atomic E-state index is 5.95. The molecule has 1 aromatic heterocycles. The van der Waals surface area contributed by atoms with Crippen LogP contribution in [0.3, 0.4) is 0 Å². The molecule has 0 radical (unpaired) electrons. The van der Waals surface area contributed by atoms with Crippen LogP contribution < -0.4 is 4.90 Å². The van der Waals surface area contributed by atoms with Crippen molar-refractivity contribution in [2.75, 3.05) is 31.7 Å². The van der Waals surface area contributed by atoms with Crippen molar-refractivity contribution in [1.29, 1.82) is 0 Å². The van der Waals surface area contributed by atoms with E-state index in [1.54, 1.807) is 7.11 Å². The molecule has 0 aliphatic heterocycles. The van der Waals surface area contributed by atoms with E-state index in [1.807, 2.05) is 18.2 Å². The second kappa shape index (κ2) is 6.73. The van der Waals surface area contributed by atoms with E-state index in [0.717, 1.165) is 29.7 Å². The Hall–Kier alpha value is -1.32. The number of fused-ring (bicyclic) bond motifs is 1. The summed E-state index contributed by atoms with van der Waals surface area (Å²) in [5.41, 5.74) is 3.08. The number of ether oxygens (including phenoxy) is 1. The van der Waals surface area contributed by atoms with E-state index < -0.39 is 0 Å². The van der Waals surface area contributed by atoms with Crippen molar-refractivity contribution in [3.8, 4) is 0 Å². The van der Waals surface area contributed by atoms with Gasteiger partial charge in [-0.15, -0.1) is 11.6 Å². The lowest BCUT2D eigenvalue weighted by Gasteiger charge is -2.24. The molecule has 0 N–H and O–H groups in total. The van der Waals surface area contributed by atoms with Crippen LogP contribution in [0.25, 0.3) is 10.9 Å². The van der Waals surface area contributed by atoms with Crippen LogP contribution in [0.2, 0.25) is 0 Å². The van der Waals surface area contributed by atoms with Crippen LogP contribution in [0.5, 0.6) is 0 Å². The summed E-state index contributed by atoms with van der Waals surface area (Å²) < 4.78 is 5.18. The number of pyridine rings is 1. The maximum absolute atomic E-state index is 5.95. The lowest BCUT2D eigenvalue weighted by atomic mass is 10.1. The predicted octanol–water partition coefficient (Wildman–Crippen LogP) is 3.45. The fourth-order valence-corrected chi connectivity index (χ4v) is 2.33. The van der Waals surface area contributed by atoms with Gasteiger partial charge in [0.15, 0.2) is 0 Å². The predicted molar refractivity (Wildman–Crippen MR) is 81.1 cm³/mol. The topological polar surface area (TPSA) is 25.4 Å². The Morgan fingerprint density at radius 3 is 2.79 bits per heavy atom. The first-order chi connectivity index (χ1) is 9.30. The number of hydrogen-bond donors (Lipinski definition) is 0. The van der Waals surface area contributed by atoms with E-state index in [-0.39, 0.29) is 0 Å². The average Bonchev–Trinajstić information content (AvgIpc) is 2.47. The first-order valence-corrected chi connectivity index (χ1v) is 7.02. The Morgan fingerprint density at radius 2 is 2.11 bits per heavy atom. The van der Waals surface area contributed by atoms with E-state index in [4.69, 9.17) is 16.3 Å². The number of likely N-dealkylation sites (N-methyl/N-ethyl adjacent to an activating group) is 1. The Balaban J connectivity index is 2.49. The third-order valence-corrected chi connectivity index (χ3v) is 3.45. The average molecular weight is 279 g/mol. The van der Waals surface area contributed by atoms with E-state index in [0.29, 0.717) is 12.5 Å². The Labute approximate surface area is 119 Å². The highest BCUT2D eigenvalue weighted by Gasteiger charge is 2.11. The fourth-order valence-electron chi connectivity index (χ4n) is 2.19.